The van der Waals surface area contributed by atoms with E-state index in [9.17, 15) is 4.79 Å². The predicted molar refractivity (Wildman–Crippen MR) is 118 cm³/mol. The molecule has 3 N–H and O–H groups in total. The third kappa shape index (κ3) is 12.7. The average Bonchev–Trinajstić information content (AvgIpc) is 2.60. The second-order valence-corrected chi connectivity index (χ2v) is 8.86. The van der Waals surface area contributed by atoms with Crippen LogP contribution >= 0.6 is 0 Å². The molecule has 0 aliphatic carbocycles. The molecule has 0 saturated carbocycles. The van der Waals surface area contributed by atoms with Gasteiger partial charge in [-0.3, -0.25) is 4.99 Å². The van der Waals surface area contributed by atoms with Crippen molar-refractivity contribution in [3.8, 4) is 0 Å². The molecule has 0 fully saturated rings. The summed E-state index contributed by atoms with van der Waals surface area (Å²) in [5.41, 5.74) is 1.67. The van der Waals surface area contributed by atoms with Crippen LogP contribution in [0.5, 0.6) is 0 Å². The summed E-state index contributed by atoms with van der Waals surface area (Å²) < 4.78 is 11.0. The minimum absolute atomic E-state index is 0.154. The summed E-state index contributed by atoms with van der Waals surface area (Å²) in [6.07, 6.45) is 0.370. The van der Waals surface area contributed by atoms with Crippen LogP contribution in [0.3, 0.4) is 0 Å². The Hall–Kier alpha value is -2.28. The number of guanidine groups is 1. The van der Waals surface area contributed by atoms with Gasteiger partial charge in [-0.15, -0.1) is 0 Å². The Balaban J connectivity index is 2.32. The van der Waals surface area contributed by atoms with E-state index in [0.29, 0.717) is 26.2 Å². The molecule has 0 aliphatic rings. The lowest BCUT2D eigenvalue weighted by molar-refractivity contribution is -0.0149. The first-order valence-corrected chi connectivity index (χ1v) is 10.1. The van der Waals surface area contributed by atoms with Crippen LogP contribution in [0.25, 0.3) is 0 Å². The van der Waals surface area contributed by atoms with E-state index in [0.717, 1.165) is 23.5 Å². The molecule has 1 aromatic rings. The maximum absolute atomic E-state index is 11.6. The molecule has 0 saturated heterocycles. The highest BCUT2D eigenvalue weighted by Crippen LogP contribution is 2.13. The van der Waals surface area contributed by atoms with Crippen molar-refractivity contribution in [3.63, 3.8) is 0 Å². The van der Waals surface area contributed by atoms with Gasteiger partial charge >= 0.3 is 6.09 Å². The van der Waals surface area contributed by atoms with Gasteiger partial charge in [-0.25, -0.2) is 4.79 Å². The summed E-state index contributed by atoms with van der Waals surface area (Å²) in [7, 11) is 1.74. The molecule has 1 aromatic carbocycles. The van der Waals surface area contributed by atoms with Crippen LogP contribution in [-0.4, -0.2) is 43.4 Å². The first kappa shape index (κ1) is 24.8. The second-order valence-electron chi connectivity index (χ2n) is 8.86. The van der Waals surface area contributed by atoms with Crippen LogP contribution in [0.4, 0.5) is 4.79 Å². The van der Waals surface area contributed by atoms with Gasteiger partial charge in [-0.2, -0.15) is 0 Å². The fourth-order valence-corrected chi connectivity index (χ4v) is 2.34. The van der Waals surface area contributed by atoms with Crippen LogP contribution < -0.4 is 16.0 Å². The lowest BCUT2D eigenvalue weighted by atomic mass is 10.1. The van der Waals surface area contributed by atoms with Crippen LogP contribution in [0.1, 0.15) is 59.1 Å². The standard InChI is InChI=1S/C22H38N4O3/c1-21(2,3)28-16-18-11-8-10-17(14-18)15-26-19(23-7)24-12-9-13-25-20(27)29-22(4,5)6/h8,10-11,14H,9,12-13,15-16H2,1-7H3,(H,25,27)(H2,23,24,26). The van der Waals surface area contributed by atoms with Crippen molar-refractivity contribution < 1.29 is 14.3 Å². The fraction of sp³-hybridized carbons (Fsp3) is 0.636. The molecule has 0 radical (unpaired) electrons. The zero-order chi connectivity index (χ0) is 21.9. The van der Waals surface area contributed by atoms with Crippen molar-refractivity contribution in [2.24, 2.45) is 4.99 Å². The first-order valence-electron chi connectivity index (χ1n) is 10.1. The van der Waals surface area contributed by atoms with Crippen LogP contribution in [-0.2, 0) is 22.6 Å². The number of aliphatic imine (C=N–C) groups is 1. The number of carbonyl (C=O) groups is 1. The second kappa shape index (κ2) is 11.7. The van der Waals surface area contributed by atoms with Gasteiger partial charge in [-0.1, -0.05) is 24.3 Å². The van der Waals surface area contributed by atoms with E-state index in [1.165, 1.54) is 0 Å². The predicted octanol–water partition coefficient (Wildman–Crippen LogP) is 3.58. The van der Waals surface area contributed by atoms with Crippen molar-refractivity contribution in [1.82, 2.24) is 16.0 Å². The van der Waals surface area contributed by atoms with E-state index in [2.05, 4.69) is 59.9 Å². The monoisotopic (exact) mass is 406 g/mol. The Morgan fingerprint density at radius 3 is 2.24 bits per heavy atom. The zero-order valence-electron chi connectivity index (χ0n) is 19.0. The smallest absolute Gasteiger partial charge is 0.407 e. The maximum Gasteiger partial charge on any atom is 0.407 e. The average molecular weight is 407 g/mol. The molecule has 0 bridgehead atoms. The molecule has 164 valence electrons. The number of hydrogen-bond acceptors (Lipinski definition) is 4. The van der Waals surface area contributed by atoms with Crippen molar-refractivity contribution in [2.75, 3.05) is 20.1 Å². The van der Waals surface area contributed by atoms with Crippen LogP contribution in [0.2, 0.25) is 0 Å². The van der Waals surface area contributed by atoms with Gasteiger partial charge in [0.25, 0.3) is 0 Å². The van der Waals surface area contributed by atoms with Gasteiger partial charge in [-0.05, 0) is 59.1 Å². The van der Waals surface area contributed by atoms with Gasteiger partial charge in [0.05, 0.1) is 12.2 Å². The molecule has 1 amide bonds. The molecule has 7 nitrogen and oxygen atoms in total. The normalized spacial score (nSPS) is 12.4. The number of benzene rings is 1. The molecule has 0 atom stereocenters. The molecular weight excluding hydrogens is 368 g/mol. The van der Waals surface area contributed by atoms with E-state index < -0.39 is 11.7 Å². The van der Waals surface area contributed by atoms with E-state index in [-0.39, 0.29) is 5.60 Å². The highest BCUT2D eigenvalue weighted by Gasteiger charge is 2.15. The number of ether oxygens (including phenoxy) is 2. The number of hydrogen-bond donors (Lipinski definition) is 3. The number of alkyl carbamates (subject to hydrolysis) is 1. The number of rotatable bonds is 8. The largest absolute Gasteiger partial charge is 0.444 e. The summed E-state index contributed by atoms with van der Waals surface area (Å²) in [6.45, 7) is 14.2. The lowest BCUT2D eigenvalue weighted by Crippen LogP contribution is -2.39. The number of carbonyl (C=O) groups excluding carboxylic acids is 1. The Morgan fingerprint density at radius 1 is 0.966 bits per heavy atom. The van der Waals surface area contributed by atoms with E-state index >= 15 is 0 Å². The highest BCUT2D eigenvalue weighted by atomic mass is 16.6. The van der Waals surface area contributed by atoms with Gasteiger partial charge in [0.15, 0.2) is 5.96 Å². The Kier molecular flexibility index (Phi) is 9.95. The van der Waals surface area contributed by atoms with Gasteiger partial charge in [0.2, 0.25) is 0 Å². The van der Waals surface area contributed by atoms with Gasteiger partial charge < -0.3 is 25.4 Å². The lowest BCUT2D eigenvalue weighted by Gasteiger charge is -2.20. The minimum atomic E-state index is -0.482. The molecule has 1 rings (SSSR count). The fourth-order valence-electron chi connectivity index (χ4n) is 2.34. The topological polar surface area (TPSA) is 84.0 Å². The number of nitrogens with zero attached hydrogens (tertiary/aromatic N) is 1. The number of amides is 1. The molecule has 29 heavy (non-hydrogen) atoms. The Morgan fingerprint density at radius 2 is 1.62 bits per heavy atom. The quantitative estimate of drug-likeness (QED) is 0.349. The van der Waals surface area contributed by atoms with E-state index in [4.69, 9.17) is 9.47 Å². The summed E-state index contributed by atoms with van der Waals surface area (Å²) in [6, 6.07) is 8.32. The Bertz CT molecular complexity index is 661. The molecule has 0 unspecified atom stereocenters. The minimum Gasteiger partial charge on any atom is -0.444 e. The summed E-state index contributed by atoms with van der Waals surface area (Å²) in [5, 5.41) is 9.29. The van der Waals surface area contributed by atoms with Crippen molar-refractivity contribution in [3.05, 3.63) is 35.4 Å². The van der Waals surface area contributed by atoms with Crippen LogP contribution in [0, 0.1) is 0 Å². The Labute approximate surface area is 175 Å². The maximum atomic E-state index is 11.6. The molecule has 0 spiro atoms. The summed E-state index contributed by atoms with van der Waals surface area (Å²) in [4.78, 5) is 15.8. The highest BCUT2D eigenvalue weighted by molar-refractivity contribution is 5.79. The third-order valence-corrected chi connectivity index (χ3v) is 3.66. The zero-order valence-corrected chi connectivity index (χ0v) is 19.0. The first-order chi connectivity index (χ1) is 13.5. The van der Waals surface area contributed by atoms with Crippen molar-refractivity contribution >= 4 is 12.1 Å². The van der Waals surface area contributed by atoms with Gasteiger partial charge in [0, 0.05) is 26.7 Å². The van der Waals surface area contributed by atoms with Crippen molar-refractivity contribution in [1.29, 1.82) is 0 Å². The van der Waals surface area contributed by atoms with Gasteiger partial charge in [0.1, 0.15) is 5.60 Å². The summed E-state index contributed by atoms with van der Waals surface area (Å²) in [5.74, 6) is 0.721. The van der Waals surface area contributed by atoms with E-state index in [1.807, 2.05) is 26.8 Å². The third-order valence-electron chi connectivity index (χ3n) is 3.66. The molecular formula is C22H38N4O3. The van der Waals surface area contributed by atoms with Crippen molar-refractivity contribution in [2.45, 2.75) is 72.3 Å². The molecule has 0 aliphatic heterocycles. The van der Waals surface area contributed by atoms with E-state index in [1.54, 1.807) is 7.05 Å². The molecule has 7 heteroatoms. The SMILES string of the molecule is CN=C(NCCCNC(=O)OC(C)(C)C)NCc1cccc(COC(C)(C)C)c1. The molecule has 0 heterocycles. The number of nitrogens with one attached hydrogen (secondary N) is 3. The molecule has 0 aromatic heterocycles. The summed E-state index contributed by atoms with van der Waals surface area (Å²) >= 11 is 0. The van der Waals surface area contributed by atoms with Crippen LogP contribution in [0.15, 0.2) is 29.3 Å².